The topological polar surface area (TPSA) is 80.3 Å². The Bertz CT molecular complexity index is 898. The number of nitrogens with zero attached hydrogens (tertiary/aromatic N) is 1. The molecule has 2 N–H and O–H groups in total. The number of hydrogen-bond donors (Lipinski definition) is 2. The van der Waals surface area contributed by atoms with Crippen LogP contribution in [0.15, 0.2) is 36.5 Å². The van der Waals surface area contributed by atoms with Crippen LogP contribution in [0.3, 0.4) is 0 Å². The van der Waals surface area contributed by atoms with E-state index < -0.39 is 1.87 Å². The summed E-state index contributed by atoms with van der Waals surface area (Å²) < 4.78 is 17.0. The van der Waals surface area contributed by atoms with E-state index in [0.717, 1.165) is 24.0 Å². The molecular weight excluding hydrogens is 591 g/mol. The Hall–Kier alpha value is -1.50. The van der Waals surface area contributed by atoms with Crippen molar-refractivity contribution in [2.75, 3.05) is 5.32 Å². The summed E-state index contributed by atoms with van der Waals surface area (Å²) in [5.41, 5.74) is 2.05. The number of carbonyl (C=O) groups is 2. The van der Waals surface area contributed by atoms with Crippen LogP contribution in [0.5, 0.6) is 5.75 Å². The van der Waals surface area contributed by atoms with Crippen molar-refractivity contribution in [3.8, 4) is 5.75 Å². The van der Waals surface area contributed by atoms with E-state index in [-0.39, 0.29) is 17.7 Å². The second-order valence-electron chi connectivity index (χ2n) is 6.52. The van der Waals surface area contributed by atoms with Gasteiger partial charge in [-0.3, -0.25) is 9.59 Å². The Morgan fingerprint density at radius 2 is 2.04 bits per heavy atom. The zero-order valence-electron chi connectivity index (χ0n) is 15.0. The summed E-state index contributed by atoms with van der Waals surface area (Å²) in [4.78, 5) is 28.3. The molecule has 1 fully saturated rings. The number of hydrogen-bond acceptors (Lipinski definition) is 4. The van der Waals surface area contributed by atoms with Gasteiger partial charge in [0.2, 0.25) is 5.91 Å². The number of anilines is 1. The highest BCUT2D eigenvalue weighted by Gasteiger charge is 2.29. The number of aromatic nitrogens is 1. The van der Waals surface area contributed by atoms with Gasteiger partial charge in [0.1, 0.15) is 11.6 Å². The van der Waals surface area contributed by atoms with E-state index in [4.69, 9.17) is 4.74 Å². The molecule has 1 aliphatic rings. The van der Waals surface area contributed by atoms with Crippen molar-refractivity contribution in [3.05, 3.63) is 53.2 Å². The normalized spacial score (nSPS) is 13.7. The van der Waals surface area contributed by atoms with Crippen LogP contribution in [0.2, 0.25) is 0 Å². The summed E-state index contributed by atoms with van der Waals surface area (Å²) in [5, 5.41) is 5.56. The summed E-state index contributed by atoms with van der Waals surface area (Å²) in [6.07, 6.45) is 3.29. The van der Waals surface area contributed by atoms with Gasteiger partial charge in [-0.2, -0.15) is 4.39 Å². The Balaban J connectivity index is 1.59. The maximum Gasteiger partial charge on any atom is 0.350 e. The van der Waals surface area contributed by atoms with Gasteiger partial charge in [-0.15, -0.1) is 0 Å². The smallest absolute Gasteiger partial charge is 0.350 e. The first-order chi connectivity index (χ1) is 13.2. The van der Waals surface area contributed by atoms with Crippen molar-refractivity contribution in [2.45, 2.75) is 28.2 Å². The fourth-order valence-corrected chi connectivity index (χ4v) is 3.03. The predicted octanol–water partition coefficient (Wildman–Crippen LogP) is 4.50. The number of halogens is 3. The lowest BCUT2D eigenvalue weighted by Gasteiger charge is -2.16. The van der Waals surface area contributed by atoms with Gasteiger partial charge in [0.05, 0.1) is 0 Å². The molecule has 0 aliphatic heterocycles. The molecule has 0 radical (unpaired) electrons. The van der Waals surface area contributed by atoms with Crippen molar-refractivity contribution >= 4 is 62.8 Å². The Morgan fingerprint density at radius 1 is 1.29 bits per heavy atom. The van der Waals surface area contributed by atoms with Gasteiger partial charge in [0.25, 0.3) is 5.91 Å². The molecular formula is C19H18FI2N3O3. The summed E-state index contributed by atoms with van der Waals surface area (Å²) in [5.74, 6) is 0.555. The van der Waals surface area contributed by atoms with Gasteiger partial charge in [-0.05, 0) is 49.1 Å². The molecule has 148 valence electrons. The summed E-state index contributed by atoms with van der Waals surface area (Å²) in [7, 11) is 0. The van der Waals surface area contributed by atoms with Crippen molar-refractivity contribution in [1.82, 2.24) is 10.3 Å². The van der Waals surface area contributed by atoms with Gasteiger partial charge in [-0.25, -0.2) is 4.98 Å². The molecule has 28 heavy (non-hydrogen) atoms. The maximum atomic E-state index is 13.6. The molecule has 0 atom stereocenters. The van der Waals surface area contributed by atoms with Crippen LogP contribution in [0.4, 0.5) is 10.2 Å². The molecule has 0 saturated heterocycles. The van der Waals surface area contributed by atoms with Crippen LogP contribution in [-0.4, -0.2) is 18.7 Å². The van der Waals surface area contributed by atoms with E-state index in [0.29, 0.717) is 23.7 Å². The van der Waals surface area contributed by atoms with Crippen LogP contribution in [0, 0.1) is 12.8 Å². The number of carbonyl (C=O) groups excluding carboxylic acids is 2. The van der Waals surface area contributed by atoms with E-state index in [9.17, 15) is 14.0 Å². The molecule has 1 aromatic heterocycles. The van der Waals surface area contributed by atoms with Crippen molar-refractivity contribution in [2.24, 2.45) is 5.92 Å². The number of pyridine rings is 1. The minimum atomic E-state index is -1.82. The number of benzene rings is 1. The van der Waals surface area contributed by atoms with E-state index in [1.165, 1.54) is 6.20 Å². The SMILES string of the molecule is Cc1cc(CNC(=O)c2ccnc(NC(=O)C3CC3)c2)ccc1OC(F)(I)I. The third-order valence-corrected chi connectivity index (χ3v) is 4.58. The standard InChI is InChI=1S/C19H18FI2N3O3/c1-11-8-12(2-5-15(11)28-19(20,21)22)10-24-17(26)14-6-7-23-16(9-14)25-18(27)13-3-4-13/h2,5-9,13H,3-4,10H2,1H3,(H,24,26)(H,23,25,27). The first-order valence-corrected chi connectivity index (χ1v) is 10.8. The molecule has 2 amide bonds. The number of amides is 2. The third-order valence-electron chi connectivity index (χ3n) is 4.14. The summed E-state index contributed by atoms with van der Waals surface area (Å²) >= 11 is 3.13. The van der Waals surface area contributed by atoms with Crippen molar-refractivity contribution < 1.29 is 18.7 Å². The molecule has 2 aromatic rings. The molecule has 3 rings (SSSR count). The van der Waals surface area contributed by atoms with Crippen LogP contribution < -0.4 is 15.4 Å². The van der Waals surface area contributed by atoms with Crippen LogP contribution in [0.1, 0.15) is 34.3 Å². The fraction of sp³-hybridized carbons (Fsp3) is 0.316. The van der Waals surface area contributed by atoms with Gasteiger partial charge in [-0.1, -0.05) is 12.1 Å². The average molecular weight is 609 g/mol. The van der Waals surface area contributed by atoms with Crippen LogP contribution in [0.25, 0.3) is 0 Å². The quantitative estimate of drug-likeness (QED) is 0.358. The van der Waals surface area contributed by atoms with E-state index in [1.54, 1.807) is 69.4 Å². The summed E-state index contributed by atoms with van der Waals surface area (Å²) in [6, 6.07) is 8.43. The van der Waals surface area contributed by atoms with E-state index in [1.807, 2.05) is 13.0 Å². The highest BCUT2D eigenvalue weighted by molar-refractivity contribution is 14.2. The number of aryl methyl sites for hydroxylation is 1. The molecule has 0 unspecified atom stereocenters. The first kappa shape index (κ1) is 21.2. The van der Waals surface area contributed by atoms with Crippen molar-refractivity contribution in [1.29, 1.82) is 0 Å². The molecule has 1 saturated carbocycles. The second-order valence-corrected chi connectivity index (χ2v) is 11.4. The van der Waals surface area contributed by atoms with E-state index >= 15 is 0 Å². The number of rotatable bonds is 7. The Labute approximate surface area is 189 Å². The molecule has 1 aliphatic carbocycles. The van der Waals surface area contributed by atoms with Gasteiger partial charge in [0, 0.05) is 69.4 Å². The fourth-order valence-electron chi connectivity index (χ4n) is 2.56. The largest absolute Gasteiger partial charge is 0.442 e. The Kier molecular flexibility index (Phi) is 6.73. The molecule has 6 nitrogen and oxygen atoms in total. The first-order valence-electron chi connectivity index (χ1n) is 8.61. The van der Waals surface area contributed by atoms with Gasteiger partial charge >= 0.3 is 1.87 Å². The van der Waals surface area contributed by atoms with Gasteiger partial charge in [0.15, 0.2) is 0 Å². The summed E-state index contributed by atoms with van der Waals surface area (Å²) in [6.45, 7) is 2.12. The third kappa shape index (κ3) is 6.26. The predicted molar refractivity (Wildman–Crippen MR) is 120 cm³/mol. The minimum absolute atomic E-state index is 0.0573. The molecule has 1 heterocycles. The lowest BCUT2D eigenvalue weighted by molar-refractivity contribution is -0.117. The lowest BCUT2D eigenvalue weighted by atomic mass is 10.1. The van der Waals surface area contributed by atoms with Crippen molar-refractivity contribution in [3.63, 3.8) is 0 Å². The average Bonchev–Trinajstić information content (AvgIpc) is 3.46. The minimum Gasteiger partial charge on any atom is -0.442 e. The highest BCUT2D eigenvalue weighted by Crippen LogP contribution is 2.34. The van der Waals surface area contributed by atoms with E-state index in [2.05, 4.69) is 15.6 Å². The molecule has 1 aromatic carbocycles. The zero-order valence-corrected chi connectivity index (χ0v) is 19.3. The molecule has 0 bridgehead atoms. The molecule has 0 spiro atoms. The highest BCUT2D eigenvalue weighted by atomic mass is 127. The van der Waals surface area contributed by atoms with Crippen LogP contribution >= 0.6 is 45.2 Å². The number of nitrogens with one attached hydrogen (secondary N) is 2. The second kappa shape index (κ2) is 8.89. The monoisotopic (exact) mass is 609 g/mol. The number of alkyl halides is 3. The maximum absolute atomic E-state index is 13.6. The zero-order chi connectivity index (χ0) is 20.3. The van der Waals surface area contributed by atoms with Crippen LogP contribution in [-0.2, 0) is 11.3 Å². The molecule has 9 heteroatoms. The number of ether oxygens (including phenoxy) is 1. The van der Waals surface area contributed by atoms with Gasteiger partial charge < -0.3 is 15.4 Å². The Morgan fingerprint density at radius 3 is 2.68 bits per heavy atom. The lowest BCUT2D eigenvalue weighted by Crippen LogP contribution is -2.23.